The van der Waals surface area contributed by atoms with Crippen LogP contribution in [0.2, 0.25) is 0 Å². The van der Waals surface area contributed by atoms with Gasteiger partial charge in [0.1, 0.15) is 5.56 Å². The molecule has 57 heavy (non-hydrogen) atoms. The number of anilines is 1. The molecular weight excluding hydrogens is 751 g/mol. The molecule has 7 rings (SSSR count). The zero-order valence-corrected chi connectivity index (χ0v) is 30.3. The fourth-order valence-electron chi connectivity index (χ4n) is 7.10. The summed E-state index contributed by atoms with van der Waals surface area (Å²) in [5.41, 5.74) is 3.84. The van der Waals surface area contributed by atoms with Crippen molar-refractivity contribution >= 4 is 17.3 Å². The van der Waals surface area contributed by atoms with E-state index in [2.05, 4.69) is 15.1 Å². The Morgan fingerprint density at radius 2 is 1.39 bits per heavy atom. The molecule has 2 heterocycles. The Morgan fingerprint density at radius 3 is 2.04 bits per heavy atom. The predicted molar refractivity (Wildman–Crippen MR) is 199 cm³/mol. The number of hydrogen-bond donors (Lipinski definition) is 2. The van der Waals surface area contributed by atoms with Crippen molar-refractivity contribution in [3.05, 3.63) is 164 Å². The summed E-state index contributed by atoms with van der Waals surface area (Å²) in [6, 6.07) is 28.5. The van der Waals surface area contributed by atoms with Gasteiger partial charge in [0.15, 0.2) is 29.6 Å². The Kier molecular flexibility index (Phi) is 11.9. The lowest BCUT2D eigenvalue weighted by Crippen LogP contribution is -2.49. The smallest absolute Gasteiger partial charge is 0.269 e. The highest BCUT2D eigenvalue weighted by Gasteiger charge is 2.34. The van der Waals surface area contributed by atoms with Crippen molar-refractivity contribution in [2.75, 3.05) is 37.6 Å². The van der Waals surface area contributed by atoms with Gasteiger partial charge in [-0.25, -0.2) is 22.0 Å². The van der Waals surface area contributed by atoms with Crippen LogP contribution in [-0.2, 0) is 22.6 Å². The maximum atomic E-state index is 14.2. The number of piperazine rings is 1. The lowest BCUT2D eigenvalue weighted by molar-refractivity contribution is -0.384. The second-order valence-corrected chi connectivity index (χ2v) is 13.9. The number of halogens is 5. The average molecular weight is 789 g/mol. The quantitative estimate of drug-likeness (QED) is 0.0459. The molecule has 0 radical (unpaired) electrons. The number of ether oxygens (including phenoxy) is 2. The van der Waals surface area contributed by atoms with Crippen LogP contribution in [-0.4, -0.2) is 59.7 Å². The summed E-state index contributed by atoms with van der Waals surface area (Å²) in [6.07, 6.45) is -0.714. The number of hydrogen-bond acceptors (Lipinski definition) is 8. The van der Waals surface area contributed by atoms with E-state index in [0.717, 1.165) is 54.1 Å². The van der Waals surface area contributed by atoms with Crippen molar-refractivity contribution in [1.82, 2.24) is 10.2 Å². The van der Waals surface area contributed by atoms with E-state index in [9.17, 15) is 42.0 Å². The number of nitro groups is 1. The van der Waals surface area contributed by atoms with E-state index in [4.69, 9.17) is 9.47 Å². The number of amides is 1. The van der Waals surface area contributed by atoms with E-state index in [1.54, 1.807) is 30.3 Å². The first-order valence-corrected chi connectivity index (χ1v) is 18.2. The molecule has 3 atom stereocenters. The summed E-state index contributed by atoms with van der Waals surface area (Å²) in [6.45, 7) is 3.27. The number of carbonyl (C=O) groups is 1. The summed E-state index contributed by atoms with van der Waals surface area (Å²) in [5.74, 6) is -12.6. The van der Waals surface area contributed by atoms with Gasteiger partial charge in [0.2, 0.25) is 5.82 Å². The van der Waals surface area contributed by atoms with Crippen molar-refractivity contribution in [3.8, 4) is 11.1 Å². The Morgan fingerprint density at radius 1 is 0.754 bits per heavy atom. The molecule has 296 valence electrons. The van der Waals surface area contributed by atoms with Crippen molar-refractivity contribution in [2.45, 2.75) is 38.1 Å². The number of nitro benzene ring substituents is 1. The summed E-state index contributed by atoms with van der Waals surface area (Å²) in [7, 11) is 0. The van der Waals surface area contributed by atoms with Crippen LogP contribution in [0.4, 0.5) is 33.3 Å². The maximum absolute atomic E-state index is 14.2. The number of nitrogens with zero attached hydrogens (tertiary/aromatic N) is 3. The minimum absolute atomic E-state index is 0.0465. The topological polar surface area (TPSA) is 117 Å². The summed E-state index contributed by atoms with van der Waals surface area (Å²) in [5, 5.41) is 22.9. The van der Waals surface area contributed by atoms with Crippen LogP contribution < -0.4 is 10.2 Å². The number of aliphatic hydroxyl groups is 1. The number of carbonyl (C=O) groups excluding carboxylic acids is 1. The van der Waals surface area contributed by atoms with Gasteiger partial charge in [0.25, 0.3) is 11.6 Å². The Hall–Kier alpha value is -5.74. The van der Waals surface area contributed by atoms with Crippen LogP contribution in [0, 0.1) is 39.2 Å². The third kappa shape index (κ3) is 8.81. The van der Waals surface area contributed by atoms with E-state index in [1.165, 1.54) is 12.1 Å². The van der Waals surface area contributed by atoms with Gasteiger partial charge in [0, 0.05) is 69.1 Å². The fraction of sp³-hybridized carbons (Fsp3) is 0.262. The first-order valence-electron chi connectivity index (χ1n) is 18.2. The largest absolute Gasteiger partial charge is 0.392 e. The Bertz CT molecular complexity index is 2220. The fourth-order valence-corrected chi connectivity index (χ4v) is 7.10. The van der Waals surface area contributed by atoms with Gasteiger partial charge in [-0.2, -0.15) is 0 Å². The first-order chi connectivity index (χ1) is 27.5. The van der Waals surface area contributed by atoms with Crippen LogP contribution in [0.3, 0.4) is 0 Å². The molecule has 2 N–H and O–H groups in total. The van der Waals surface area contributed by atoms with Gasteiger partial charge in [0.05, 0.1) is 23.7 Å². The maximum Gasteiger partial charge on any atom is 0.269 e. The van der Waals surface area contributed by atoms with E-state index in [0.29, 0.717) is 24.1 Å². The molecule has 2 aliphatic heterocycles. The highest BCUT2D eigenvalue weighted by Crippen LogP contribution is 2.39. The minimum Gasteiger partial charge on any atom is -0.392 e. The molecular formula is C42H37F5N4O6. The van der Waals surface area contributed by atoms with Gasteiger partial charge in [-0.3, -0.25) is 19.8 Å². The van der Waals surface area contributed by atoms with E-state index in [-0.39, 0.29) is 31.0 Å². The monoisotopic (exact) mass is 788 g/mol. The summed E-state index contributed by atoms with van der Waals surface area (Å²) >= 11 is 0. The third-order valence-electron chi connectivity index (χ3n) is 10.2. The molecule has 10 nitrogen and oxygen atoms in total. The number of rotatable bonds is 11. The predicted octanol–water partition coefficient (Wildman–Crippen LogP) is 7.75. The van der Waals surface area contributed by atoms with Gasteiger partial charge in [-0.1, -0.05) is 60.7 Å². The molecule has 5 aromatic carbocycles. The van der Waals surface area contributed by atoms with Crippen LogP contribution in [0.1, 0.15) is 51.4 Å². The molecule has 5 aromatic rings. The molecule has 2 fully saturated rings. The van der Waals surface area contributed by atoms with Crippen LogP contribution in [0.5, 0.6) is 0 Å². The second-order valence-electron chi connectivity index (χ2n) is 13.9. The molecule has 0 aromatic heterocycles. The molecule has 0 saturated carbocycles. The van der Waals surface area contributed by atoms with Gasteiger partial charge in [-0.15, -0.1) is 0 Å². The van der Waals surface area contributed by atoms with Crippen molar-refractivity contribution < 1.29 is 46.3 Å². The highest BCUT2D eigenvalue weighted by atomic mass is 19.2. The second kappa shape index (κ2) is 17.2. The minimum atomic E-state index is -2.35. The van der Waals surface area contributed by atoms with Crippen molar-refractivity contribution in [2.24, 2.45) is 0 Å². The summed E-state index contributed by atoms with van der Waals surface area (Å²) < 4.78 is 82.5. The zero-order chi connectivity index (χ0) is 40.2. The number of aliphatic hydroxyl groups excluding tert-OH is 1. The molecule has 15 heteroatoms. The SMILES string of the molecule is O=C(NCc1cccc(-c2cccc([C@@H]3O[C@H](CN4CCN(c5ccc([N+](=O)[O-])cc5)CC4)C[C@H](c4ccc(CO)cc4)O3)c2)c1)c1c(F)c(F)c(F)c(F)c1F. The van der Waals surface area contributed by atoms with Gasteiger partial charge >= 0.3 is 0 Å². The van der Waals surface area contributed by atoms with Crippen LogP contribution >= 0.6 is 0 Å². The van der Waals surface area contributed by atoms with Crippen LogP contribution in [0.25, 0.3) is 11.1 Å². The summed E-state index contributed by atoms with van der Waals surface area (Å²) in [4.78, 5) is 27.8. The van der Waals surface area contributed by atoms with Crippen molar-refractivity contribution in [1.29, 1.82) is 0 Å². The molecule has 1 amide bonds. The van der Waals surface area contributed by atoms with Gasteiger partial charge < -0.3 is 24.8 Å². The molecule has 0 unspecified atom stereocenters. The molecule has 0 aliphatic carbocycles. The third-order valence-corrected chi connectivity index (χ3v) is 10.2. The van der Waals surface area contributed by atoms with Crippen LogP contribution in [0.15, 0.2) is 97.1 Å². The number of non-ortho nitro benzene ring substituents is 1. The molecule has 2 saturated heterocycles. The van der Waals surface area contributed by atoms with E-state index >= 15 is 0 Å². The lowest BCUT2D eigenvalue weighted by Gasteiger charge is -2.41. The molecule has 2 aliphatic rings. The molecule has 0 bridgehead atoms. The Balaban J connectivity index is 1.05. The standard InChI is InChI=1S/C42H37F5N4O6/c43-36-35(37(44)39(46)40(47)38(36)45)41(53)48-22-26-3-1-4-28(19-26)29-5-2-6-30(20-29)42-56-33(21-34(57-42)27-9-7-25(24-52)8-10-27)23-49-15-17-50(18-16-49)31-11-13-32(14-12-31)51(54)55/h1-14,19-20,33-34,42,52H,15-18,21-24H2,(H,48,53)/t33-,34+,42+/m0/s1. The normalized spacial score (nSPS) is 18.7. The highest BCUT2D eigenvalue weighted by molar-refractivity contribution is 5.94. The zero-order valence-electron chi connectivity index (χ0n) is 30.3. The lowest BCUT2D eigenvalue weighted by atomic mass is 9.98. The number of nitrogens with one attached hydrogen (secondary N) is 1. The van der Waals surface area contributed by atoms with Crippen molar-refractivity contribution in [3.63, 3.8) is 0 Å². The Labute approximate surface area is 324 Å². The number of benzene rings is 5. The van der Waals surface area contributed by atoms with E-state index < -0.39 is 51.8 Å². The first kappa shape index (κ1) is 39.5. The average Bonchev–Trinajstić information content (AvgIpc) is 3.24. The molecule has 0 spiro atoms. The van der Waals surface area contributed by atoms with E-state index in [1.807, 2.05) is 54.6 Å². The van der Waals surface area contributed by atoms with Gasteiger partial charge in [-0.05, 0) is 52.1 Å².